The predicted molar refractivity (Wildman–Crippen MR) is 151 cm³/mol. The normalized spacial score (nSPS) is 16.4. The van der Waals surface area contributed by atoms with Gasteiger partial charge in [0.2, 0.25) is 0 Å². The molecule has 2 fully saturated rings. The van der Waals surface area contributed by atoms with Crippen molar-refractivity contribution in [2.24, 2.45) is 18.9 Å². The number of hydrogen-bond acceptors (Lipinski definition) is 6. The molecule has 0 bridgehead atoms. The van der Waals surface area contributed by atoms with Gasteiger partial charge in [-0.25, -0.2) is 4.98 Å². The first-order valence-corrected chi connectivity index (χ1v) is 12.4. The van der Waals surface area contributed by atoms with E-state index >= 15 is 0 Å². The average Bonchev–Trinajstić information content (AvgIpc) is 3.41. The summed E-state index contributed by atoms with van der Waals surface area (Å²) in [5, 5.41) is 5.65. The highest BCUT2D eigenvalue weighted by molar-refractivity contribution is 5.86. The number of benzene rings is 1. The third kappa shape index (κ3) is 7.51. The Morgan fingerprint density at radius 1 is 1.06 bits per heavy atom. The van der Waals surface area contributed by atoms with E-state index < -0.39 is 0 Å². The van der Waals surface area contributed by atoms with Crippen molar-refractivity contribution in [3.05, 3.63) is 41.6 Å². The van der Waals surface area contributed by atoms with Crippen molar-refractivity contribution in [2.45, 2.75) is 51.6 Å². The molecule has 3 aromatic rings. The molecule has 1 saturated carbocycles. The number of nitrogens with zero attached hydrogens (tertiary/aromatic N) is 5. The monoisotopic (exact) mass is 559 g/mol. The quantitative estimate of drug-likeness (QED) is 0.325. The number of imidazole rings is 1. The maximum absolute atomic E-state index is 6.16. The minimum absolute atomic E-state index is 0. The second-order valence-electron chi connectivity index (χ2n) is 10.3. The van der Waals surface area contributed by atoms with Gasteiger partial charge < -0.3 is 18.7 Å². The number of piperidine rings is 1. The lowest BCUT2D eigenvalue weighted by Gasteiger charge is -2.31. The Morgan fingerprint density at radius 3 is 2.44 bits per heavy atom. The van der Waals surface area contributed by atoms with Gasteiger partial charge in [-0.2, -0.15) is 0 Å². The average molecular weight is 561 g/mol. The summed E-state index contributed by atoms with van der Waals surface area (Å²) in [7, 11) is 6.24. The Bertz CT molecular complexity index is 1070. The fourth-order valence-electron chi connectivity index (χ4n) is 4.89. The van der Waals surface area contributed by atoms with Gasteiger partial charge in [0, 0.05) is 31.4 Å². The smallest absolute Gasteiger partial charge is 0.175 e. The second kappa shape index (κ2) is 13.9. The molecule has 0 unspecified atom stereocenters. The van der Waals surface area contributed by atoms with Crippen LogP contribution in [-0.2, 0) is 26.6 Å². The van der Waals surface area contributed by atoms with Crippen molar-refractivity contribution >= 4 is 48.2 Å². The molecule has 0 atom stereocenters. The fraction of sp³-hybridized carbons (Fsp3) is 0.615. The highest BCUT2D eigenvalue weighted by atomic mass is 35.5. The molecular weight excluding hydrogens is 521 g/mol. The summed E-state index contributed by atoms with van der Waals surface area (Å²) < 4.78 is 14.2. The van der Waals surface area contributed by atoms with Crippen molar-refractivity contribution in [2.75, 3.05) is 33.8 Å². The zero-order valence-electron chi connectivity index (χ0n) is 21.5. The summed E-state index contributed by atoms with van der Waals surface area (Å²) in [6.45, 7) is 4.84. The summed E-state index contributed by atoms with van der Waals surface area (Å²) in [6.07, 6.45) is 11.1. The van der Waals surface area contributed by atoms with Crippen LogP contribution in [0.1, 0.15) is 49.2 Å². The summed E-state index contributed by atoms with van der Waals surface area (Å²) >= 11 is 0. The molecule has 1 saturated heterocycles. The van der Waals surface area contributed by atoms with E-state index in [1.165, 1.54) is 32.1 Å². The van der Waals surface area contributed by atoms with Crippen molar-refractivity contribution in [3.8, 4) is 5.75 Å². The van der Waals surface area contributed by atoms with E-state index in [2.05, 4.69) is 57.8 Å². The van der Waals surface area contributed by atoms with Crippen LogP contribution in [0.2, 0.25) is 0 Å². The summed E-state index contributed by atoms with van der Waals surface area (Å²) in [5.74, 6) is 3.58. The van der Waals surface area contributed by atoms with Crippen molar-refractivity contribution in [1.29, 1.82) is 0 Å². The van der Waals surface area contributed by atoms with Crippen molar-refractivity contribution in [3.63, 3.8) is 0 Å². The Labute approximate surface area is 233 Å². The number of aromatic nitrogens is 3. The summed E-state index contributed by atoms with van der Waals surface area (Å²) in [6, 6.07) is 4.28. The molecule has 2 aliphatic rings. The van der Waals surface area contributed by atoms with Crippen LogP contribution in [0.3, 0.4) is 0 Å². The molecular formula is C26H40Cl3N5O2. The molecule has 0 N–H and O–H groups in total. The second-order valence-corrected chi connectivity index (χ2v) is 10.3. The van der Waals surface area contributed by atoms with Gasteiger partial charge in [-0.3, -0.25) is 4.90 Å². The minimum atomic E-state index is 0. The maximum Gasteiger partial charge on any atom is 0.175 e. The van der Waals surface area contributed by atoms with Crippen LogP contribution in [0, 0.1) is 11.8 Å². The van der Waals surface area contributed by atoms with E-state index in [0.717, 1.165) is 84.8 Å². The van der Waals surface area contributed by atoms with Crippen LogP contribution < -0.4 is 4.74 Å². The lowest BCUT2D eigenvalue weighted by atomic mass is 9.91. The lowest BCUT2D eigenvalue weighted by molar-refractivity contribution is 0.167. The van der Waals surface area contributed by atoms with E-state index in [4.69, 9.17) is 9.26 Å². The third-order valence-electron chi connectivity index (χ3n) is 7.20. The van der Waals surface area contributed by atoms with E-state index in [1.54, 1.807) is 0 Å². The Morgan fingerprint density at radius 2 is 1.81 bits per heavy atom. The molecule has 0 radical (unpaired) electrons. The number of fused-ring (bicyclic) bond motifs is 1. The summed E-state index contributed by atoms with van der Waals surface area (Å²) in [4.78, 5) is 9.17. The standard InChI is InChI=1S/C26H37N5O2.3ClH/c1-29(2)16-22-24(32-18-20-4-5-20)9-7-21-23(28-33-26(21)22)8-6-19-10-13-31(14-11-19)17-25-27-12-15-30(25)3;;;/h7,9,12,15,19-20H,4-6,8,10-11,13-14,16-18H2,1-3H3;3*1H. The van der Waals surface area contributed by atoms with E-state index in [0.29, 0.717) is 0 Å². The number of rotatable bonds is 10. The molecule has 1 aliphatic heterocycles. The summed E-state index contributed by atoms with van der Waals surface area (Å²) in [5.41, 5.74) is 3.12. The maximum atomic E-state index is 6.16. The fourth-order valence-corrected chi connectivity index (χ4v) is 4.89. The van der Waals surface area contributed by atoms with Crippen molar-refractivity contribution < 1.29 is 9.26 Å². The molecule has 10 heteroatoms. The molecule has 1 aromatic carbocycles. The zero-order valence-corrected chi connectivity index (χ0v) is 24.0. The van der Waals surface area contributed by atoms with Crippen LogP contribution in [0.5, 0.6) is 5.75 Å². The number of ether oxygens (including phenoxy) is 1. The first-order valence-electron chi connectivity index (χ1n) is 12.4. The molecule has 202 valence electrons. The number of aryl methyl sites for hydroxylation is 2. The van der Waals surface area contributed by atoms with Gasteiger partial charge in [-0.05, 0) is 89.7 Å². The molecule has 2 aromatic heterocycles. The Kier molecular flexibility index (Phi) is 11.8. The third-order valence-corrected chi connectivity index (χ3v) is 7.20. The Balaban J connectivity index is 0.00000152. The highest BCUT2D eigenvalue weighted by Gasteiger charge is 2.25. The lowest BCUT2D eigenvalue weighted by Crippen LogP contribution is -2.34. The molecule has 0 spiro atoms. The SMILES string of the molecule is CN(C)Cc1c(OCC2CC2)ccc2c(CCC3CCN(Cc4nccn4C)CC3)noc12.Cl.Cl.Cl. The Hall–Kier alpha value is -1.51. The van der Waals surface area contributed by atoms with Gasteiger partial charge in [0.05, 0.1) is 24.4 Å². The van der Waals surface area contributed by atoms with Gasteiger partial charge in [-0.15, -0.1) is 37.2 Å². The van der Waals surface area contributed by atoms with Crippen LogP contribution >= 0.6 is 37.2 Å². The first-order chi connectivity index (χ1) is 16.1. The minimum Gasteiger partial charge on any atom is -0.493 e. The van der Waals surface area contributed by atoms with E-state index in [1.807, 2.05) is 12.4 Å². The van der Waals surface area contributed by atoms with Gasteiger partial charge in [0.15, 0.2) is 5.58 Å². The van der Waals surface area contributed by atoms with Crippen LogP contribution in [0.4, 0.5) is 0 Å². The number of likely N-dealkylation sites (tertiary alicyclic amines) is 1. The zero-order chi connectivity index (χ0) is 22.8. The van der Waals surface area contributed by atoms with E-state index in [9.17, 15) is 0 Å². The molecule has 0 amide bonds. The van der Waals surface area contributed by atoms with Crippen LogP contribution in [-0.4, -0.2) is 58.3 Å². The van der Waals surface area contributed by atoms with E-state index in [-0.39, 0.29) is 37.2 Å². The molecule has 7 nitrogen and oxygen atoms in total. The number of halogens is 3. The first kappa shape index (κ1) is 30.7. The molecule has 36 heavy (non-hydrogen) atoms. The van der Waals surface area contributed by atoms with Gasteiger partial charge >= 0.3 is 0 Å². The largest absolute Gasteiger partial charge is 0.493 e. The van der Waals surface area contributed by atoms with Gasteiger partial charge in [0.1, 0.15) is 11.6 Å². The molecule has 1 aliphatic carbocycles. The van der Waals surface area contributed by atoms with Crippen LogP contribution in [0.15, 0.2) is 29.0 Å². The molecule has 3 heterocycles. The topological polar surface area (TPSA) is 59.6 Å². The van der Waals surface area contributed by atoms with Gasteiger partial charge in [0.25, 0.3) is 0 Å². The highest BCUT2D eigenvalue weighted by Crippen LogP contribution is 2.35. The van der Waals surface area contributed by atoms with Crippen molar-refractivity contribution in [1.82, 2.24) is 24.5 Å². The predicted octanol–water partition coefficient (Wildman–Crippen LogP) is 5.52. The number of hydrogen-bond donors (Lipinski definition) is 0. The van der Waals surface area contributed by atoms with Gasteiger partial charge in [-0.1, -0.05) is 5.16 Å². The van der Waals surface area contributed by atoms with Crippen LogP contribution in [0.25, 0.3) is 11.0 Å². The molecule has 5 rings (SSSR count).